The minimum atomic E-state index is -0.224. The van der Waals surface area contributed by atoms with Gasteiger partial charge in [-0.3, -0.25) is 14.5 Å². The first-order valence-corrected chi connectivity index (χ1v) is 5.99. The Morgan fingerprint density at radius 3 is 2.17 bits per heavy atom. The normalized spacial score (nSPS) is 9.94. The Bertz CT molecular complexity index is 398. The standard InChI is InChI=1S/C14H19NO3/c1-11-5-7-14(8-6-11)18-10-4-9-15(12(2)16)13(3)17/h5-8H,4,9-10H2,1-3H3. The molecule has 18 heavy (non-hydrogen) atoms. The van der Waals surface area contributed by atoms with Crippen LogP contribution in [0.3, 0.4) is 0 Å². The predicted octanol–water partition coefficient (Wildman–Crippen LogP) is 2.16. The van der Waals surface area contributed by atoms with Crippen molar-refractivity contribution in [2.24, 2.45) is 0 Å². The molecule has 0 N–H and O–H groups in total. The molecule has 98 valence electrons. The number of amides is 2. The molecule has 0 bridgehead atoms. The SMILES string of the molecule is CC(=O)N(CCCOc1ccc(C)cc1)C(C)=O. The van der Waals surface area contributed by atoms with E-state index in [1.165, 1.54) is 24.3 Å². The maximum absolute atomic E-state index is 11.2. The van der Waals surface area contributed by atoms with Crippen molar-refractivity contribution < 1.29 is 14.3 Å². The molecule has 0 unspecified atom stereocenters. The summed E-state index contributed by atoms with van der Waals surface area (Å²) >= 11 is 0. The number of hydrogen-bond donors (Lipinski definition) is 0. The van der Waals surface area contributed by atoms with Gasteiger partial charge in [-0.25, -0.2) is 0 Å². The summed E-state index contributed by atoms with van der Waals surface area (Å²) in [6.07, 6.45) is 0.632. The monoisotopic (exact) mass is 249 g/mol. The van der Waals surface area contributed by atoms with Crippen LogP contribution in [-0.4, -0.2) is 29.9 Å². The van der Waals surface area contributed by atoms with Gasteiger partial charge in [-0.15, -0.1) is 0 Å². The fourth-order valence-electron chi connectivity index (χ4n) is 1.58. The third-order valence-corrected chi connectivity index (χ3v) is 2.58. The zero-order valence-electron chi connectivity index (χ0n) is 11.1. The summed E-state index contributed by atoms with van der Waals surface area (Å²) in [6, 6.07) is 7.77. The minimum Gasteiger partial charge on any atom is -0.494 e. The zero-order chi connectivity index (χ0) is 13.5. The molecule has 2 amide bonds. The van der Waals surface area contributed by atoms with Crippen molar-refractivity contribution in [1.82, 2.24) is 4.90 Å². The summed E-state index contributed by atoms with van der Waals surface area (Å²) in [7, 11) is 0. The lowest BCUT2D eigenvalue weighted by atomic mass is 10.2. The Hall–Kier alpha value is -1.84. The Morgan fingerprint density at radius 1 is 1.11 bits per heavy atom. The Morgan fingerprint density at radius 2 is 1.67 bits per heavy atom. The van der Waals surface area contributed by atoms with Crippen molar-refractivity contribution in [2.75, 3.05) is 13.2 Å². The Labute approximate surface area is 108 Å². The van der Waals surface area contributed by atoms with Crippen LogP contribution in [0.15, 0.2) is 24.3 Å². The maximum atomic E-state index is 11.2. The number of nitrogens with zero attached hydrogens (tertiary/aromatic N) is 1. The smallest absolute Gasteiger partial charge is 0.226 e. The van der Waals surface area contributed by atoms with Crippen molar-refractivity contribution in [2.45, 2.75) is 27.2 Å². The third kappa shape index (κ3) is 4.57. The summed E-state index contributed by atoms with van der Waals surface area (Å²) in [5.41, 5.74) is 1.18. The van der Waals surface area contributed by atoms with Crippen molar-refractivity contribution in [3.05, 3.63) is 29.8 Å². The molecule has 1 aromatic rings. The number of benzene rings is 1. The van der Waals surface area contributed by atoms with Crippen LogP contribution in [-0.2, 0) is 9.59 Å². The first-order valence-electron chi connectivity index (χ1n) is 5.99. The molecule has 4 heteroatoms. The van der Waals surface area contributed by atoms with Crippen molar-refractivity contribution in [1.29, 1.82) is 0 Å². The van der Waals surface area contributed by atoms with Gasteiger partial charge < -0.3 is 4.74 Å². The van der Waals surface area contributed by atoms with E-state index in [0.717, 1.165) is 5.75 Å². The van der Waals surface area contributed by atoms with Crippen LogP contribution in [0.1, 0.15) is 25.8 Å². The molecule has 0 aliphatic heterocycles. The van der Waals surface area contributed by atoms with E-state index in [4.69, 9.17) is 4.74 Å². The number of carbonyl (C=O) groups is 2. The van der Waals surface area contributed by atoms with Crippen molar-refractivity contribution in [3.63, 3.8) is 0 Å². The molecule has 0 radical (unpaired) electrons. The van der Waals surface area contributed by atoms with Gasteiger partial charge in [0, 0.05) is 20.4 Å². The molecule has 0 spiro atoms. The average Bonchev–Trinajstić information content (AvgIpc) is 2.30. The maximum Gasteiger partial charge on any atom is 0.226 e. The first kappa shape index (κ1) is 14.2. The van der Waals surface area contributed by atoms with Gasteiger partial charge in [-0.05, 0) is 25.5 Å². The second-order valence-corrected chi connectivity index (χ2v) is 4.20. The van der Waals surface area contributed by atoms with Gasteiger partial charge in [0.2, 0.25) is 11.8 Å². The number of imide groups is 1. The highest BCUT2D eigenvalue weighted by Crippen LogP contribution is 2.11. The molecule has 0 fully saturated rings. The summed E-state index contributed by atoms with van der Waals surface area (Å²) in [5, 5.41) is 0. The number of carbonyl (C=O) groups excluding carboxylic acids is 2. The lowest BCUT2D eigenvalue weighted by Gasteiger charge is -2.16. The molecule has 1 rings (SSSR count). The van der Waals surface area contributed by atoms with E-state index < -0.39 is 0 Å². The van der Waals surface area contributed by atoms with E-state index in [1.807, 2.05) is 31.2 Å². The van der Waals surface area contributed by atoms with E-state index in [1.54, 1.807) is 0 Å². The van der Waals surface area contributed by atoms with Crippen LogP contribution in [0, 0.1) is 6.92 Å². The molecule has 0 saturated heterocycles. The van der Waals surface area contributed by atoms with E-state index >= 15 is 0 Å². The molecule has 0 saturated carbocycles. The number of rotatable bonds is 5. The number of hydrogen-bond acceptors (Lipinski definition) is 3. The molecule has 4 nitrogen and oxygen atoms in total. The molecule has 0 aromatic heterocycles. The fraction of sp³-hybridized carbons (Fsp3) is 0.429. The number of aryl methyl sites for hydroxylation is 1. The molecule has 0 aliphatic carbocycles. The van der Waals surface area contributed by atoms with Crippen LogP contribution in [0.5, 0.6) is 5.75 Å². The second kappa shape index (κ2) is 6.79. The van der Waals surface area contributed by atoms with Gasteiger partial charge in [-0.2, -0.15) is 0 Å². The van der Waals surface area contributed by atoms with Gasteiger partial charge in [0.15, 0.2) is 0 Å². The van der Waals surface area contributed by atoms with Crippen molar-refractivity contribution >= 4 is 11.8 Å². The molecule has 0 atom stereocenters. The summed E-state index contributed by atoms with van der Waals surface area (Å²) in [5.74, 6) is 0.355. The lowest BCUT2D eigenvalue weighted by molar-refractivity contribution is -0.142. The highest BCUT2D eigenvalue weighted by molar-refractivity contribution is 5.92. The quantitative estimate of drug-likeness (QED) is 0.751. The largest absolute Gasteiger partial charge is 0.494 e. The summed E-state index contributed by atoms with van der Waals surface area (Å²) in [6.45, 7) is 5.68. The van der Waals surface area contributed by atoms with Gasteiger partial charge in [0.1, 0.15) is 5.75 Å². The molecule has 1 aromatic carbocycles. The topological polar surface area (TPSA) is 46.6 Å². The minimum absolute atomic E-state index is 0.224. The van der Waals surface area contributed by atoms with Gasteiger partial charge >= 0.3 is 0 Å². The van der Waals surface area contributed by atoms with E-state index in [9.17, 15) is 9.59 Å². The van der Waals surface area contributed by atoms with E-state index in [-0.39, 0.29) is 11.8 Å². The fourth-order valence-corrected chi connectivity index (χ4v) is 1.58. The second-order valence-electron chi connectivity index (χ2n) is 4.20. The first-order chi connectivity index (χ1) is 8.50. The number of ether oxygens (including phenoxy) is 1. The van der Waals surface area contributed by atoms with Gasteiger partial charge in [-0.1, -0.05) is 17.7 Å². The van der Waals surface area contributed by atoms with E-state index in [2.05, 4.69) is 0 Å². The highest BCUT2D eigenvalue weighted by atomic mass is 16.5. The molecular weight excluding hydrogens is 230 g/mol. The highest BCUT2D eigenvalue weighted by Gasteiger charge is 2.12. The van der Waals surface area contributed by atoms with Crippen LogP contribution in [0.25, 0.3) is 0 Å². The third-order valence-electron chi connectivity index (χ3n) is 2.58. The van der Waals surface area contributed by atoms with Crippen LogP contribution >= 0.6 is 0 Å². The lowest BCUT2D eigenvalue weighted by Crippen LogP contribution is -2.34. The van der Waals surface area contributed by atoms with Crippen molar-refractivity contribution in [3.8, 4) is 5.75 Å². The summed E-state index contributed by atoms with van der Waals surface area (Å²) < 4.78 is 5.52. The van der Waals surface area contributed by atoms with Gasteiger partial charge in [0.05, 0.1) is 6.61 Å². The van der Waals surface area contributed by atoms with Gasteiger partial charge in [0.25, 0.3) is 0 Å². The summed E-state index contributed by atoms with van der Waals surface area (Å²) in [4.78, 5) is 23.5. The van der Waals surface area contributed by atoms with E-state index in [0.29, 0.717) is 19.6 Å². The average molecular weight is 249 g/mol. The predicted molar refractivity (Wildman–Crippen MR) is 69.4 cm³/mol. The van der Waals surface area contributed by atoms with Crippen LogP contribution in [0.4, 0.5) is 0 Å². The molecular formula is C14H19NO3. The zero-order valence-corrected chi connectivity index (χ0v) is 11.1. The Kier molecular flexibility index (Phi) is 5.36. The Balaban J connectivity index is 2.32. The molecule has 0 aliphatic rings. The molecule has 0 heterocycles. The van der Waals surface area contributed by atoms with Crippen LogP contribution in [0.2, 0.25) is 0 Å². The van der Waals surface area contributed by atoms with Crippen LogP contribution < -0.4 is 4.74 Å².